The SMILES string of the molecule is CC(=O)C1C(C)CC2C3CC=C4CC(OC(=O)CCN5CC(C)CC(C)C5)CCC4(C)C3CCC21C.Cl. The van der Waals surface area contributed by atoms with E-state index >= 15 is 0 Å². The summed E-state index contributed by atoms with van der Waals surface area (Å²) in [5, 5.41) is 0. The summed E-state index contributed by atoms with van der Waals surface area (Å²) in [6, 6.07) is 0. The topological polar surface area (TPSA) is 46.6 Å². The molecule has 4 aliphatic carbocycles. The molecule has 10 unspecified atom stereocenters. The summed E-state index contributed by atoms with van der Waals surface area (Å²) < 4.78 is 6.06. The third-order valence-electron chi connectivity index (χ3n) is 11.7. The highest BCUT2D eigenvalue weighted by molar-refractivity contribution is 5.85. The zero-order valence-corrected chi connectivity index (χ0v) is 25.1. The van der Waals surface area contributed by atoms with E-state index in [0.717, 1.165) is 57.2 Å². The molecule has 210 valence electrons. The monoisotopic (exact) mass is 533 g/mol. The van der Waals surface area contributed by atoms with Crippen LogP contribution in [-0.2, 0) is 14.3 Å². The van der Waals surface area contributed by atoms with E-state index < -0.39 is 0 Å². The van der Waals surface area contributed by atoms with Crippen LogP contribution in [0.4, 0.5) is 0 Å². The van der Waals surface area contributed by atoms with Crippen molar-refractivity contribution in [2.45, 2.75) is 105 Å². The fraction of sp³-hybridized carbons (Fsp3) is 0.875. The maximum atomic E-state index is 12.8. The molecular formula is C32H52ClNO3. The number of ether oxygens (including phenoxy) is 1. The van der Waals surface area contributed by atoms with Crippen molar-refractivity contribution in [3.63, 3.8) is 0 Å². The lowest BCUT2D eigenvalue weighted by molar-refractivity contribution is -0.152. The van der Waals surface area contributed by atoms with Crippen LogP contribution in [0.1, 0.15) is 99.3 Å². The number of nitrogens with zero attached hydrogens (tertiary/aromatic N) is 1. The summed E-state index contributed by atoms with van der Waals surface area (Å²) in [6.45, 7) is 16.8. The smallest absolute Gasteiger partial charge is 0.307 e. The number of hydrogen-bond acceptors (Lipinski definition) is 4. The average molecular weight is 534 g/mol. The lowest BCUT2D eigenvalue weighted by atomic mass is 9.47. The van der Waals surface area contributed by atoms with Crippen molar-refractivity contribution in [3.8, 4) is 0 Å². The molecule has 0 aromatic heterocycles. The lowest BCUT2D eigenvalue weighted by Gasteiger charge is -2.58. The minimum Gasteiger partial charge on any atom is -0.462 e. The molecule has 0 aromatic carbocycles. The maximum Gasteiger partial charge on any atom is 0.307 e. The van der Waals surface area contributed by atoms with Crippen molar-refractivity contribution in [1.29, 1.82) is 0 Å². The highest BCUT2D eigenvalue weighted by Gasteiger charge is 2.61. The Morgan fingerprint density at radius 1 is 1.03 bits per heavy atom. The summed E-state index contributed by atoms with van der Waals surface area (Å²) >= 11 is 0. The van der Waals surface area contributed by atoms with E-state index in [-0.39, 0.29) is 41.2 Å². The van der Waals surface area contributed by atoms with Gasteiger partial charge in [0.25, 0.3) is 0 Å². The molecule has 0 N–H and O–H groups in total. The van der Waals surface area contributed by atoms with E-state index in [1.54, 1.807) is 5.57 Å². The summed E-state index contributed by atoms with van der Waals surface area (Å²) in [5.41, 5.74) is 1.99. The second-order valence-corrected chi connectivity index (χ2v) is 14.4. The molecule has 3 saturated carbocycles. The van der Waals surface area contributed by atoms with Crippen LogP contribution >= 0.6 is 12.4 Å². The Morgan fingerprint density at radius 2 is 1.73 bits per heavy atom. The van der Waals surface area contributed by atoms with Crippen LogP contribution in [0.3, 0.4) is 0 Å². The van der Waals surface area contributed by atoms with E-state index in [0.29, 0.717) is 35.9 Å². The molecule has 1 saturated heterocycles. The number of esters is 1. The number of Topliss-reactive ketones (excluding diaryl/α,β-unsaturated/α-hetero) is 1. The number of ketones is 1. The minimum atomic E-state index is -0.00702. The molecule has 5 heteroatoms. The van der Waals surface area contributed by atoms with Gasteiger partial charge in [-0.25, -0.2) is 0 Å². The van der Waals surface area contributed by atoms with Crippen LogP contribution in [-0.4, -0.2) is 42.4 Å². The van der Waals surface area contributed by atoms with E-state index in [1.807, 2.05) is 6.92 Å². The first-order chi connectivity index (χ1) is 17.0. The third kappa shape index (κ3) is 5.32. The molecule has 10 atom stereocenters. The van der Waals surface area contributed by atoms with Gasteiger partial charge in [0.05, 0.1) is 6.42 Å². The summed E-state index contributed by atoms with van der Waals surface area (Å²) in [7, 11) is 0. The van der Waals surface area contributed by atoms with Gasteiger partial charge in [-0.15, -0.1) is 12.4 Å². The maximum absolute atomic E-state index is 12.8. The number of hydrogen-bond donors (Lipinski definition) is 0. The Hall–Kier alpha value is -0.870. The summed E-state index contributed by atoms with van der Waals surface area (Å²) in [6.07, 6.45) is 12.3. The van der Waals surface area contributed by atoms with Crippen LogP contribution in [0.5, 0.6) is 0 Å². The summed E-state index contributed by atoms with van der Waals surface area (Å²) in [4.78, 5) is 27.8. The first kappa shape index (κ1) is 29.1. The van der Waals surface area contributed by atoms with Gasteiger partial charge in [-0.2, -0.15) is 0 Å². The largest absolute Gasteiger partial charge is 0.462 e. The second kappa shape index (κ2) is 11.0. The number of carbonyl (C=O) groups is 2. The van der Waals surface area contributed by atoms with Gasteiger partial charge in [0.15, 0.2) is 0 Å². The third-order valence-corrected chi connectivity index (χ3v) is 11.7. The normalized spacial score (nSPS) is 45.5. The van der Waals surface area contributed by atoms with Crippen LogP contribution < -0.4 is 0 Å². The van der Waals surface area contributed by atoms with Crippen LogP contribution in [0.2, 0.25) is 0 Å². The zero-order chi connectivity index (χ0) is 25.8. The van der Waals surface area contributed by atoms with Gasteiger partial charge in [-0.05, 0) is 98.2 Å². The van der Waals surface area contributed by atoms with E-state index in [9.17, 15) is 9.59 Å². The van der Waals surface area contributed by atoms with Gasteiger partial charge < -0.3 is 9.64 Å². The minimum absolute atomic E-state index is 0. The second-order valence-electron chi connectivity index (χ2n) is 14.4. The number of halogens is 1. The van der Waals surface area contributed by atoms with Crippen LogP contribution in [0.15, 0.2) is 11.6 Å². The predicted molar refractivity (Wildman–Crippen MR) is 152 cm³/mol. The van der Waals surface area contributed by atoms with Crippen molar-refractivity contribution >= 4 is 24.2 Å². The Morgan fingerprint density at radius 3 is 2.41 bits per heavy atom. The molecule has 5 aliphatic rings. The van der Waals surface area contributed by atoms with Gasteiger partial charge in [0.1, 0.15) is 11.9 Å². The average Bonchev–Trinajstić information content (AvgIpc) is 3.07. The quantitative estimate of drug-likeness (QED) is 0.279. The molecule has 37 heavy (non-hydrogen) atoms. The van der Waals surface area contributed by atoms with Crippen molar-refractivity contribution in [3.05, 3.63) is 11.6 Å². The molecule has 4 fully saturated rings. The molecule has 0 radical (unpaired) electrons. The van der Waals surface area contributed by atoms with Gasteiger partial charge in [-0.3, -0.25) is 9.59 Å². The van der Waals surface area contributed by atoms with Gasteiger partial charge in [0.2, 0.25) is 0 Å². The van der Waals surface area contributed by atoms with Crippen molar-refractivity contribution < 1.29 is 14.3 Å². The Balaban J connectivity index is 0.00000320. The van der Waals surface area contributed by atoms with Gasteiger partial charge in [-0.1, -0.05) is 46.3 Å². The fourth-order valence-electron chi connectivity index (χ4n) is 10.4. The van der Waals surface area contributed by atoms with E-state index in [1.165, 1.54) is 25.7 Å². The standard InChI is InChI=1S/C32H51NO3.ClH/c1-20-15-21(2)19-33(18-20)14-11-29(35)36-25-9-12-31(5)24(17-25)7-8-26-27(31)10-13-32(6)28(26)16-22(3)30(32)23(4)34;/h7,20-22,25-28,30H,8-19H2,1-6H3;1H. The first-order valence-electron chi connectivity index (χ1n) is 15.1. The van der Waals surface area contributed by atoms with Gasteiger partial charge >= 0.3 is 5.97 Å². The molecule has 0 spiro atoms. The number of likely N-dealkylation sites (tertiary alicyclic amines) is 1. The predicted octanol–water partition coefficient (Wildman–Crippen LogP) is 7.10. The lowest BCUT2D eigenvalue weighted by Crippen LogP contribution is -2.51. The molecule has 0 bridgehead atoms. The fourth-order valence-corrected chi connectivity index (χ4v) is 10.4. The number of rotatable bonds is 5. The molecule has 1 heterocycles. The van der Waals surface area contributed by atoms with Crippen molar-refractivity contribution in [2.24, 2.45) is 52.3 Å². The molecule has 0 amide bonds. The van der Waals surface area contributed by atoms with Gasteiger partial charge in [0, 0.05) is 32.0 Å². The number of carbonyl (C=O) groups excluding carboxylic acids is 2. The summed E-state index contributed by atoms with van der Waals surface area (Å²) in [5.74, 6) is 4.71. The van der Waals surface area contributed by atoms with Crippen molar-refractivity contribution in [1.82, 2.24) is 4.90 Å². The molecule has 4 nitrogen and oxygen atoms in total. The molecule has 1 aliphatic heterocycles. The molecule has 5 rings (SSSR count). The van der Waals surface area contributed by atoms with Crippen LogP contribution in [0.25, 0.3) is 0 Å². The Bertz CT molecular complexity index is 892. The highest BCUT2D eigenvalue weighted by atomic mass is 35.5. The van der Waals surface area contributed by atoms with Crippen LogP contribution in [0, 0.1) is 52.3 Å². The zero-order valence-electron chi connectivity index (χ0n) is 24.3. The van der Waals surface area contributed by atoms with E-state index in [4.69, 9.17) is 4.74 Å². The number of allylic oxidation sites excluding steroid dienone is 1. The number of piperidine rings is 1. The molecular weight excluding hydrogens is 482 g/mol. The van der Waals surface area contributed by atoms with Crippen molar-refractivity contribution in [2.75, 3.05) is 19.6 Å². The Labute approximate surface area is 232 Å². The van der Waals surface area contributed by atoms with E-state index in [2.05, 4.69) is 45.6 Å². The Kier molecular flexibility index (Phi) is 8.62. The number of fused-ring (bicyclic) bond motifs is 5. The molecule has 0 aromatic rings. The first-order valence-corrected chi connectivity index (χ1v) is 15.1. The highest BCUT2D eigenvalue weighted by Crippen LogP contribution is 2.67.